The molecule has 37 heavy (non-hydrogen) atoms. The summed E-state index contributed by atoms with van der Waals surface area (Å²) >= 11 is 0.991. The van der Waals surface area contributed by atoms with Crippen LogP contribution in [0.1, 0.15) is 15.4 Å². The maximum Gasteiger partial charge on any atom is 0.573 e. The number of benzene rings is 2. The molecule has 3 heterocycles. The number of hydrogen-bond acceptors (Lipinski definition) is 9. The monoisotopic (exact) mass is 528 g/mol. The molecule has 0 aliphatic rings. The summed E-state index contributed by atoms with van der Waals surface area (Å²) < 4.78 is 51.9. The molecule has 9 nitrogen and oxygen atoms in total. The zero-order chi connectivity index (χ0) is 26.3. The average molecular weight is 528 g/mol. The van der Waals surface area contributed by atoms with Gasteiger partial charge in [0.2, 0.25) is 5.69 Å². The fourth-order valence-electron chi connectivity index (χ4n) is 3.60. The molecular formula is C24H15F3N4O5S. The van der Waals surface area contributed by atoms with Gasteiger partial charge in [-0.05, 0) is 53.2 Å². The Bertz CT molecular complexity index is 1610. The molecule has 0 fully saturated rings. The first-order chi connectivity index (χ1) is 17.6. The molecule has 0 atom stereocenters. The van der Waals surface area contributed by atoms with Crippen molar-refractivity contribution in [1.82, 2.24) is 10.3 Å². The van der Waals surface area contributed by atoms with Crippen molar-refractivity contribution in [2.75, 3.05) is 12.8 Å². The Balaban J connectivity index is 1.50. The van der Waals surface area contributed by atoms with Gasteiger partial charge in [0.05, 0.1) is 23.8 Å². The maximum absolute atomic E-state index is 13.4. The molecule has 0 bridgehead atoms. The van der Waals surface area contributed by atoms with E-state index in [1.807, 2.05) is 12.1 Å². The van der Waals surface area contributed by atoms with Gasteiger partial charge in [-0.2, -0.15) is 0 Å². The van der Waals surface area contributed by atoms with Crippen LogP contribution in [0.2, 0.25) is 0 Å². The van der Waals surface area contributed by atoms with Crippen LogP contribution in [0.15, 0.2) is 65.2 Å². The second kappa shape index (κ2) is 9.09. The minimum absolute atomic E-state index is 0.0421. The smallest absolute Gasteiger partial charge is 0.539 e. The van der Waals surface area contributed by atoms with Crippen LogP contribution in [0.4, 0.5) is 18.9 Å². The van der Waals surface area contributed by atoms with Crippen molar-refractivity contribution < 1.29 is 41.8 Å². The van der Waals surface area contributed by atoms with E-state index < -0.39 is 29.5 Å². The number of pyridine rings is 1. The highest BCUT2D eigenvalue weighted by Crippen LogP contribution is 2.36. The van der Waals surface area contributed by atoms with Crippen LogP contribution in [0.5, 0.6) is 17.4 Å². The molecule has 2 N–H and O–H groups in total. The van der Waals surface area contributed by atoms with E-state index in [9.17, 15) is 23.1 Å². The maximum atomic E-state index is 13.4. The lowest BCUT2D eigenvalue weighted by molar-refractivity contribution is -0.672. The molecule has 0 aliphatic carbocycles. The Kier molecular flexibility index (Phi) is 5.91. The zero-order valence-electron chi connectivity index (χ0n) is 18.8. The number of aromatic nitrogens is 3. The number of alkyl halides is 3. The first-order valence-electron chi connectivity index (χ1n) is 10.5. The zero-order valence-corrected chi connectivity index (χ0v) is 19.6. The van der Waals surface area contributed by atoms with Crippen LogP contribution in [0.25, 0.3) is 27.2 Å². The van der Waals surface area contributed by atoms with Crippen LogP contribution in [0, 0.1) is 0 Å². The van der Waals surface area contributed by atoms with Gasteiger partial charge in [-0.3, -0.25) is 4.79 Å². The minimum Gasteiger partial charge on any atom is -0.539 e. The number of thiophene rings is 1. The molecular weight excluding hydrogens is 513 g/mol. The van der Waals surface area contributed by atoms with Crippen LogP contribution >= 0.6 is 11.3 Å². The number of fused-ring (bicyclic) bond motifs is 1. The number of halogens is 3. The Labute approximate surface area is 210 Å². The molecule has 188 valence electrons. The summed E-state index contributed by atoms with van der Waals surface area (Å²) in [6.07, 6.45) is -4.87. The fourth-order valence-corrected chi connectivity index (χ4v) is 4.63. The van der Waals surface area contributed by atoms with Gasteiger partial charge in [0, 0.05) is 23.1 Å². The van der Waals surface area contributed by atoms with E-state index >= 15 is 0 Å². The fraction of sp³-hybridized carbons (Fsp3) is 0.0833. The van der Waals surface area contributed by atoms with Crippen LogP contribution in [0.3, 0.4) is 0 Å². The number of carbonyl (C=O) groups excluding carboxylic acids is 1. The summed E-state index contributed by atoms with van der Waals surface area (Å²) in [7, 11) is 1.57. The Morgan fingerprint density at radius 1 is 1.05 bits per heavy atom. The molecule has 0 amide bonds. The SMILES string of the molecule is COc1ccc(-c2ccc3c(N)c(C(=O)c4c([O-])on[n+]4-c4ccc(OC(F)(F)F)cc4)sc3n2)cc1. The van der Waals surface area contributed by atoms with E-state index in [0.717, 1.165) is 33.7 Å². The second-order valence-corrected chi connectivity index (χ2v) is 8.61. The molecule has 13 heteroatoms. The van der Waals surface area contributed by atoms with Gasteiger partial charge in [0.1, 0.15) is 21.2 Å². The topological polar surface area (TPSA) is 127 Å². The van der Waals surface area contributed by atoms with Crippen LogP contribution in [-0.4, -0.2) is 29.5 Å². The standard InChI is InChI=1S/C24H15F3N4O5S/c1-34-14-6-2-12(3-7-14)17-11-10-16-18(28)21(37-22(16)29-17)20(32)19-23(33)36-30-31(19)13-4-8-15(9-5-13)35-24(25,26)27/h2-11H,1H3,(H2-,28,30,32,33). The number of nitrogens with zero attached hydrogens (tertiary/aromatic N) is 3. The average Bonchev–Trinajstić information content (AvgIpc) is 3.42. The largest absolute Gasteiger partial charge is 0.573 e. The third-order valence-electron chi connectivity index (χ3n) is 5.33. The number of carbonyl (C=O) groups is 1. The highest BCUT2D eigenvalue weighted by atomic mass is 32.1. The summed E-state index contributed by atoms with van der Waals surface area (Å²) in [6.45, 7) is 0. The van der Waals surface area contributed by atoms with E-state index in [-0.39, 0.29) is 16.3 Å². The number of nitrogen functional groups attached to an aromatic ring is 1. The van der Waals surface area contributed by atoms with Crippen LogP contribution < -0.4 is 25.0 Å². The number of rotatable bonds is 6. The van der Waals surface area contributed by atoms with Gasteiger partial charge in [0.15, 0.2) is 5.95 Å². The third-order valence-corrected chi connectivity index (χ3v) is 6.44. The van der Waals surface area contributed by atoms with Crippen molar-refractivity contribution in [2.45, 2.75) is 6.36 Å². The van der Waals surface area contributed by atoms with E-state index in [4.69, 9.17) is 10.5 Å². The highest BCUT2D eigenvalue weighted by molar-refractivity contribution is 7.21. The summed E-state index contributed by atoms with van der Waals surface area (Å²) in [5.41, 5.74) is 7.45. The van der Waals surface area contributed by atoms with E-state index in [1.54, 1.807) is 31.4 Å². The lowest BCUT2D eigenvalue weighted by Crippen LogP contribution is -2.39. The van der Waals surface area contributed by atoms with E-state index in [0.29, 0.717) is 21.7 Å². The molecule has 5 aromatic rings. The van der Waals surface area contributed by atoms with Crippen molar-refractivity contribution in [3.05, 3.63) is 71.2 Å². The number of ketones is 1. The molecule has 0 saturated heterocycles. The van der Waals surface area contributed by atoms with Gasteiger partial charge < -0.3 is 24.8 Å². The van der Waals surface area contributed by atoms with Crippen molar-refractivity contribution in [3.8, 4) is 34.4 Å². The molecule has 0 spiro atoms. The molecule has 0 aliphatic heterocycles. The molecule has 2 aromatic carbocycles. The van der Waals surface area contributed by atoms with Gasteiger partial charge in [-0.25, -0.2) is 4.98 Å². The van der Waals surface area contributed by atoms with Gasteiger partial charge in [-0.15, -0.1) is 24.5 Å². The van der Waals surface area contributed by atoms with Crippen molar-refractivity contribution in [3.63, 3.8) is 0 Å². The van der Waals surface area contributed by atoms with Crippen LogP contribution in [-0.2, 0) is 0 Å². The quantitative estimate of drug-likeness (QED) is 0.259. The number of ether oxygens (including phenoxy) is 2. The highest BCUT2D eigenvalue weighted by Gasteiger charge is 2.33. The van der Waals surface area contributed by atoms with Crippen molar-refractivity contribution >= 4 is 33.0 Å². The van der Waals surface area contributed by atoms with Crippen molar-refractivity contribution in [1.29, 1.82) is 0 Å². The summed E-state index contributed by atoms with van der Waals surface area (Å²) in [5, 5.41) is 16.5. The third kappa shape index (κ3) is 4.63. The predicted molar refractivity (Wildman–Crippen MR) is 124 cm³/mol. The van der Waals surface area contributed by atoms with E-state index in [1.165, 1.54) is 12.1 Å². The molecule has 0 saturated carbocycles. The lowest BCUT2D eigenvalue weighted by atomic mass is 10.1. The van der Waals surface area contributed by atoms with Gasteiger partial charge >= 0.3 is 12.1 Å². The second-order valence-electron chi connectivity index (χ2n) is 7.61. The molecule has 5 rings (SSSR count). The lowest BCUT2D eigenvalue weighted by Gasteiger charge is -2.07. The van der Waals surface area contributed by atoms with Gasteiger partial charge in [0.25, 0.3) is 5.78 Å². The molecule has 3 aromatic heterocycles. The Hall–Kier alpha value is -4.65. The summed E-state index contributed by atoms with van der Waals surface area (Å²) in [6, 6.07) is 15.2. The predicted octanol–water partition coefficient (Wildman–Crippen LogP) is 4.02. The number of nitrogens with two attached hydrogens (primary N) is 1. The normalized spacial score (nSPS) is 11.6. The van der Waals surface area contributed by atoms with Crippen molar-refractivity contribution in [2.24, 2.45) is 0 Å². The first-order valence-corrected chi connectivity index (χ1v) is 11.3. The van der Waals surface area contributed by atoms with Gasteiger partial charge in [-0.1, -0.05) is 0 Å². The minimum atomic E-state index is -4.87. The Morgan fingerprint density at radius 2 is 1.73 bits per heavy atom. The number of anilines is 1. The number of hydrogen-bond donors (Lipinski definition) is 1. The molecule has 0 unspecified atom stereocenters. The molecule has 0 radical (unpaired) electrons. The summed E-state index contributed by atoms with van der Waals surface area (Å²) in [4.78, 5) is 18.5. The van der Waals surface area contributed by atoms with E-state index in [2.05, 4.69) is 19.5 Å². The number of methoxy groups -OCH3 is 1. The Morgan fingerprint density at radius 3 is 2.38 bits per heavy atom. The first kappa shape index (κ1) is 24.1. The summed E-state index contributed by atoms with van der Waals surface area (Å²) in [5.74, 6) is -1.60.